The first-order chi connectivity index (χ1) is 9.60. The summed E-state index contributed by atoms with van der Waals surface area (Å²) < 4.78 is 4.94. The molecule has 20 heavy (non-hydrogen) atoms. The zero-order valence-electron chi connectivity index (χ0n) is 11.6. The van der Waals surface area contributed by atoms with E-state index < -0.39 is 4.92 Å². The minimum absolute atomic E-state index is 0.0600. The van der Waals surface area contributed by atoms with Gasteiger partial charge in [-0.3, -0.25) is 10.1 Å². The molecule has 0 bridgehead atoms. The van der Waals surface area contributed by atoms with Crippen molar-refractivity contribution in [2.24, 2.45) is 0 Å². The van der Waals surface area contributed by atoms with Gasteiger partial charge in [0.15, 0.2) is 0 Å². The maximum atomic E-state index is 10.9. The summed E-state index contributed by atoms with van der Waals surface area (Å²) in [5.74, 6) is 0.756. The molecule has 0 amide bonds. The van der Waals surface area contributed by atoms with Crippen molar-refractivity contribution < 1.29 is 14.8 Å². The van der Waals surface area contributed by atoms with Gasteiger partial charge in [-0.05, 0) is 6.42 Å². The second kappa shape index (κ2) is 8.28. The molecular weight excluding hydrogens is 264 g/mol. The van der Waals surface area contributed by atoms with Gasteiger partial charge in [0.1, 0.15) is 11.6 Å². The minimum atomic E-state index is -0.478. The normalized spacial score (nSPS) is 11.9. The number of aliphatic hydroxyl groups excluding tert-OH is 1. The average molecular weight is 284 g/mol. The van der Waals surface area contributed by atoms with Crippen LogP contribution in [-0.4, -0.2) is 47.9 Å². The average Bonchev–Trinajstić information content (AvgIpc) is 2.44. The van der Waals surface area contributed by atoms with E-state index in [1.54, 1.807) is 0 Å². The van der Waals surface area contributed by atoms with Crippen LogP contribution in [0.1, 0.15) is 13.3 Å². The van der Waals surface area contributed by atoms with E-state index in [1.165, 1.54) is 19.2 Å². The molecule has 1 aromatic rings. The van der Waals surface area contributed by atoms with Crippen molar-refractivity contribution in [3.05, 3.63) is 22.2 Å². The molecule has 0 saturated carbocycles. The lowest BCUT2D eigenvalue weighted by Gasteiger charge is -2.16. The number of aromatic nitrogens is 1. The molecule has 1 aromatic heterocycles. The quantitative estimate of drug-likeness (QED) is 0.462. The van der Waals surface area contributed by atoms with E-state index in [4.69, 9.17) is 4.74 Å². The van der Waals surface area contributed by atoms with Crippen molar-refractivity contribution >= 4 is 17.3 Å². The molecular formula is C12H20N4O4. The van der Waals surface area contributed by atoms with Gasteiger partial charge < -0.3 is 20.5 Å². The van der Waals surface area contributed by atoms with Crippen molar-refractivity contribution in [1.82, 2.24) is 4.98 Å². The van der Waals surface area contributed by atoms with E-state index in [1.807, 2.05) is 6.92 Å². The number of pyridine rings is 1. The first kappa shape index (κ1) is 16.1. The van der Waals surface area contributed by atoms with Gasteiger partial charge in [-0.2, -0.15) is 0 Å². The molecule has 1 atom stereocenters. The summed E-state index contributed by atoms with van der Waals surface area (Å²) in [7, 11) is 1.51. The number of nitrogens with one attached hydrogen (secondary N) is 2. The summed E-state index contributed by atoms with van der Waals surface area (Å²) in [6.45, 7) is 2.79. The summed E-state index contributed by atoms with van der Waals surface area (Å²) in [5, 5.41) is 26.0. The molecule has 0 aliphatic heterocycles. The number of ether oxygens (including phenoxy) is 1. The summed E-state index contributed by atoms with van der Waals surface area (Å²) >= 11 is 0. The Morgan fingerprint density at radius 2 is 2.20 bits per heavy atom. The smallest absolute Gasteiger partial charge is 0.276 e. The van der Waals surface area contributed by atoms with Gasteiger partial charge in [0, 0.05) is 13.7 Å². The highest BCUT2D eigenvalue weighted by molar-refractivity contribution is 5.55. The van der Waals surface area contributed by atoms with Crippen LogP contribution in [0.4, 0.5) is 17.3 Å². The standard InChI is InChI=1S/C12H20N4O4/c1-3-4-13-11-5-10(16(18)19)6-12(15-11)14-9(7-17)8-20-2/h5-6,9,17H,3-4,7-8H2,1-2H3,(H2,13,14,15). The predicted octanol–water partition coefficient (Wildman–Crippen LogP) is 1.23. The van der Waals surface area contributed by atoms with Gasteiger partial charge in [-0.15, -0.1) is 0 Å². The Morgan fingerprint density at radius 3 is 2.75 bits per heavy atom. The largest absolute Gasteiger partial charge is 0.394 e. The van der Waals surface area contributed by atoms with Crippen LogP contribution in [0.15, 0.2) is 12.1 Å². The number of hydrogen-bond donors (Lipinski definition) is 3. The first-order valence-corrected chi connectivity index (χ1v) is 6.37. The zero-order chi connectivity index (χ0) is 15.0. The van der Waals surface area contributed by atoms with Crippen LogP contribution < -0.4 is 10.6 Å². The maximum Gasteiger partial charge on any atom is 0.276 e. The molecule has 0 radical (unpaired) electrons. The number of nitro groups is 1. The van der Waals surface area contributed by atoms with Crippen LogP contribution in [0.3, 0.4) is 0 Å². The van der Waals surface area contributed by atoms with E-state index >= 15 is 0 Å². The van der Waals surface area contributed by atoms with Crippen molar-refractivity contribution in [2.45, 2.75) is 19.4 Å². The van der Waals surface area contributed by atoms with E-state index in [-0.39, 0.29) is 24.9 Å². The van der Waals surface area contributed by atoms with E-state index in [9.17, 15) is 15.2 Å². The molecule has 0 saturated heterocycles. The highest BCUT2D eigenvalue weighted by Crippen LogP contribution is 2.21. The third-order valence-corrected chi connectivity index (χ3v) is 2.52. The fourth-order valence-corrected chi connectivity index (χ4v) is 1.59. The topological polar surface area (TPSA) is 110 Å². The van der Waals surface area contributed by atoms with Crippen molar-refractivity contribution in [3.8, 4) is 0 Å². The lowest BCUT2D eigenvalue weighted by atomic mass is 10.3. The molecule has 1 rings (SSSR count). The van der Waals surface area contributed by atoms with Gasteiger partial charge in [0.25, 0.3) is 5.69 Å². The van der Waals surface area contributed by atoms with Crippen LogP contribution >= 0.6 is 0 Å². The molecule has 0 aromatic carbocycles. The lowest BCUT2D eigenvalue weighted by Crippen LogP contribution is -2.29. The number of nitrogens with zero attached hydrogens (tertiary/aromatic N) is 2. The number of methoxy groups -OCH3 is 1. The molecule has 1 unspecified atom stereocenters. The summed E-state index contributed by atoms with van der Waals surface area (Å²) in [6, 6.07) is 2.34. The SMILES string of the molecule is CCCNc1cc([N+](=O)[O-])cc(NC(CO)COC)n1. The van der Waals surface area contributed by atoms with Gasteiger partial charge in [0.05, 0.1) is 36.3 Å². The Labute approximate surface area is 117 Å². The maximum absolute atomic E-state index is 10.9. The number of hydrogen-bond acceptors (Lipinski definition) is 7. The molecule has 0 fully saturated rings. The number of rotatable bonds is 9. The lowest BCUT2D eigenvalue weighted by molar-refractivity contribution is -0.384. The minimum Gasteiger partial charge on any atom is -0.394 e. The van der Waals surface area contributed by atoms with Crippen molar-refractivity contribution in [3.63, 3.8) is 0 Å². The second-order valence-electron chi connectivity index (χ2n) is 4.26. The van der Waals surface area contributed by atoms with Crippen LogP contribution in [0.5, 0.6) is 0 Å². The fourth-order valence-electron chi connectivity index (χ4n) is 1.59. The zero-order valence-corrected chi connectivity index (χ0v) is 11.6. The second-order valence-corrected chi connectivity index (χ2v) is 4.26. The molecule has 1 heterocycles. The molecule has 8 heteroatoms. The summed E-state index contributed by atoms with van der Waals surface area (Å²) in [4.78, 5) is 14.7. The van der Waals surface area contributed by atoms with Crippen LogP contribution in [-0.2, 0) is 4.74 Å². The molecule has 3 N–H and O–H groups in total. The molecule has 8 nitrogen and oxygen atoms in total. The first-order valence-electron chi connectivity index (χ1n) is 6.37. The Morgan fingerprint density at radius 1 is 1.50 bits per heavy atom. The van der Waals surface area contributed by atoms with E-state index in [0.717, 1.165) is 6.42 Å². The Kier molecular flexibility index (Phi) is 6.68. The predicted molar refractivity (Wildman–Crippen MR) is 76.0 cm³/mol. The number of aliphatic hydroxyl groups is 1. The summed E-state index contributed by atoms with van der Waals surface area (Å²) in [6.07, 6.45) is 0.885. The highest BCUT2D eigenvalue weighted by Gasteiger charge is 2.14. The monoisotopic (exact) mass is 284 g/mol. The molecule has 0 spiro atoms. The summed E-state index contributed by atoms with van der Waals surface area (Å²) in [5.41, 5.74) is -0.0600. The third kappa shape index (κ3) is 4.98. The molecule has 0 aliphatic carbocycles. The van der Waals surface area contributed by atoms with Gasteiger partial charge >= 0.3 is 0 Å². The van der Waals surface area contributed by atoms with Gasteiger partial charge in [-0.1, -0.05) is 6.92 Å². The van der Waals surface area contributed by atoms with E-state index in [2.05, 4.69) is 15.6 Å². The van der Waals surface area contributed by atoms with E-state index in [0.29, 0.717) is 18.2 Å². The van der Waals surface area contributed by atoms with Gasteiger partial charge in [0.2, 0.25) is 0 Å². The third-order valence-electron chi connectivity index (χ3n) is 2.52. The Hall–Kier alpha value is -1.93. The van der Waals surface area contributed by atoms with Crippen LogP contribution in [0.25, 0.3) is 0 Å². The Balaban J connectivity index is 2.92. The van der Waals surface area contributed by atoms with Crippen molar-refractivity contribution in [1.29, 1.82) is 0 Å². The van der Waals surface area contributed by atoms with Crippen molar-refractivity contribution in [2.75, 3.05) is 37.5 Å². The number of anilines is 2. The highest BCUT2D eigenvalue weighted by atomic mass is 16.6. The van der Waals surface area contributed by atoms with Crippen LogP contribution in [0, 0.1) is 10.1 Å². The Bertz CT molecular complexity index is 441. The molecule has 112 valence electrons. The fraction of sp³-hybridized carbons (Fsp3) is 0.583. The van der Waals surface area contributed by atoms with Crippen LogP contribution in [0.2, 0.25) is 0 Å². The molecule has 0 aliphatic rings. The van der Waals surface area contributed by atoms with Gasteiger partial charge in [-0.25, -0.2) is 4.98 Å².